The summed E-state index contributed by atoms with van der Waals surface area (Å²) in [5.74, 6) is -0.901. The number of amides is 3. The number of nitrogens with one attached hydrogen (secondary N) is 1. The Labute approximate surface area is 190 Å². The maximum absolute atomic E-state index is 13.3. The Morgan fingerprint density at radius 1 is 1.03 bits per heavy atom. The third kappa shape index (κ3) is 4.00. The Hall–Kier alpha value is -2.97. The molecule has 0 radical (unpaired) electrons. The molecule has 31 heavy (non-hydrogen) atoms. The van der Waals surface area contributed by atoms with Crippen molar-refractivity contribution in [1.29, 1.82) is 0 Å². The Kier molecular flexibility index (Phi) is 5.93. The smallest absolute Gasteiger partial charge is 0.267 e. The molecule has 6 nitrogen and oxygen atoms in total. The molecule has 3 amide bonds. The van der Waals surface area contributed by atoms with Gasteiger partial charge < -0.3 is 5.32 Å². The average Bonchev–Trinajstić information content (AvgIpc) is 3.19. The minimum absolute atomic E-state index is 0.0998. The number of nitrogens with zero attached hydrogens (tertiary/aromatic N) is 2. The first-order valence-corrected chi connectivity index (χ1v) is 11.1. The van der Waals surface area contributed by atoms with Crippen LogP contribution in [0.25, 0.3) is 5.57 Å². The van der Waals surface area contributed by atoms with Crippen molar-refractivity contribution >= 4 is 57.3 Å². The molecule has 4 rings (SSSR count). The van der Waals surface area contributed by atoms with E-state index in [1.165, 1.54) is 9.80 Å². The molecule has 2 aliphatic heterocycles. The van der Waals surface area contributed by atoms with E-state index in [1.807, 2.05) is 56.3 Å². The molecular weight excluding hydrogens is 430 g/mol. The van der Waals surface area contributed by atoms with E-state index in [9.17, 15) is 14.4 Å². The monoisotopic (exact) mass is 451 g/mol. The molecule has 0 spiro atoms. The second kappa shape index (κ2) is 8.64. The summed E-state index contributed by atoms with van der Waals surface area (Å²) in [5, 5.41) is 2.85. The van der Waals surface area contributed by atoms with Gasteiger partial charge >= 0.3 is 0 Å². The fraction of sp³-hybridized carbons (Fsp3) is 0.217. The Morgan fingerprint density at radius 2 is 1.71 bits per heavy atom. The summed E-state index contributed by atoms with van der Waals surface area (Å²) < 4.78 is 0.437. The Balaban J connectivity index is 1.60. The van der Waals surface area contributed by atoms with Gasteiger partial charge in [0.15, 0.2) is 0 Å². The standard InChI is InChI=1S/C23H21N3O3S2/c1-14(2)26-22(29)20(31-23(26)30)19-16-10-6-7-11-17(16)25(21(19)28)13-18(27)24-12-15-8-4-3-5-9-15/h3-11,14H,12-13H2,1-2H3,(H,24,27)/b20-19-. The topological polar surface area (TPSA) is 69.7 Å². The van der Waals surface area contributed by atoms with E-state index >= 15 is 0 Å². The van der Waals surface area contributed by atoms with Gasteiger partial charge in [0.2, 0.25) is 5.91 Å². The van der Waals surface area contributed by atoms with Gasteiger partial charge in [-0.05, 0) is 25.5 Å². The van der Waals surface area contributed by atoms with Crippen molar-refractivity contribution in [2.45, 2.75) is 26.4 Å². The Bertz CT molecular complexity index is 1110. The van der Waals surface area contributed by atoms with Crippen molar-refractivity contribution in [1.82, 2.24) is 10.2 Å². The number of benzene rings is 2. The molecule has 1 N–H and O–H groups in total. The van der Waals surface area contributed by atoms with Gasteiger partial charge in [-0.3, -0.25) is 24.2 Å². The van der Waals surface area contributed by atoms with Crippen molar-refractivity contribution < 1.29 is 14.4 Å². The fourth-order valence-electron chi connectivity index (χ4n) is 3.63. The molecule has 0 atom stereocenters. The van der Waals surface area contributed by atoms with E-state index in [-0.39, 0.29) is 30.3 Å². The SMILES string of the molecule is CC(C)N1C(=O)/C(=C2/C(=O)N(CC(=O)NCc3ccccc3)c3ccccc32)SC1=S. The van der Waals surface area contributed by atoms with Crippen LogP contribution in [0.1, 0.15) is 25.0 Å². The summed E-state index contributed by atoms with van der Waals surface area (Å²) >= 11 is 6.51. The zero-order chi connectivity index (χ0) is 22.1. The lowest BCUT2D eigenvalue weighted by Gasteiger charge is -2.18. The number of thioether (sulfide) groups is 1. The van der Waals surface area contributed by atoms with Crippen molar-refractivity contribution in [3.8, 4) is 0 Å². The summed E-state index contributed by atoms with van der Waals surface area (Å²) in [5.41, 5.74) is 2.55. The molecule has 2 heterocycles. The van der Waals surface area contributed by atoms with Gasteiger partial charge in [-0.2, -0.15) is 0 Å². The lowest BCUT2D eigenvalue weighted by molar-refractivity contribution is -0.123. The summed E-state index contributed by atoms with van der Waals surface area (Å²) in [6.07, 6.45) is 0. The zero-order valence-electron chi connectivity index (χ0n) is 17.1. The Morgan fingerprint density at radius 3 is 2.39 bits per heavy atom. The minimum Gasteiger partial charge on any atom is -0.350 e. The molecule has 2 aromatic carbocycles. The summed E-state index contributed by atoms with van der Waals surface area (Å²) in [6.45, 7) is 4.01. The molecule has 0 aromatic heterocycles. The predicted octanol–water partition coefficient (Wildman–Crippen LogP) is 3.33. The number of anilines is 1. The number of para-hydroxylation sites is 1. The van der Waals surface area contributed by atoms with Crippen molar-refractivity contribution in [3.63, 3.8) is 0 Å². The highest BCUT2D eigenvalue weighted by atomic mass is 32.2. The number of hydrogen-bond donors (Lipinski definition) is 1. The third-order valence-electron chi connectivity index (χ3n) is 5.10. The molecule has 2 aliphatic rings. The van der Waals surface area contributed by atoms with Gasteiger partial charge in [-0.25, -0.2) is 0 Å². The van der Waals surface area contributed by atoms with Crippen LogP contribution in [0.15, 0.2) is 59.5 Å². The highest BCUT2D eigenvalue weighted by Gasteiger charge is 2.42. The van der Waals surface area contributed by atoms with E-state index in [0.29, 0.717) is 32.6 Å². The van der Waals surface area contributed by atoms with Crippen LogP contribution in [-0.4, -0.2) is 39.5 Å². The first kappa shape index (κ1) is 21.3. The van der Waals surface area contributed by atoms with E-state index in [1.54, 1.807) is 12.1 Å². The van der Waals surface area contributed by atoms with Gasteiger partial charge in [-0.1, -0.05) is 72.5 Å². The zero-order valence-corrected chi connectivity index (χ0v) is 18.8. The van der Waals surface area contributed by atoms with Crippen LogP contribution in [0.3, 0.4) is 0 Å². The number of carbonyl (C=O) groups excluding carboxylic acids is 3. The lowest BCUT2D eigenvalue weighted by Crippen LogP contribution is -2.39. The molecule has 8 heteroatoms. The van der Waals surface area contributed by atoms with Gasteiger partial charge in [0.25, 0.3) is 11.8 Å². The number of rotatable bonds is 5. The van der Waals surface area contributed by atoms with E-state index in [4.69, 9.17) is 12.2 Å². The van der Waals surface area contributed by atoms with Crippen LogP contribution in [0, 0.1) is 0 Å². The maximum atomic E-state index is 13.3. The van der Waals surface area contributed by atoms with Crippen LogP contribution in [-0.2, 0) is 20.9 Å². The highest BCUT2D eigenvalue weighted by Crippen LogP contribution is 2.44. The second-order valence-electron chi connectivity index (χ2n) is 7.51. The molecule has 0 aliphatic carbocycles. The molecule has 2 aromatic rings. The number of hydrogen-bond acceptors (Lipinski definition) is 5. The fourth-order valence-corrected chi connectivity index (χ4v) is 5.22. The van der Waals surface area contributed by atoms with Gasteiger partial charge in [0.05, 0.1) is 16.2 Å². The van der Waals surface area contributed by atoms with Crippen molar-refractivity contribution in [2.75, 3.05) is 11.4 Å². The average molecular weight is 452 g/mol. The largest absolute Gasteiger partial charge is 0.350 e. The summed E-state index contributed by atoms with van der Waals surface area (Å²) in [4.78, 5) is 42.2. The molecule has 1 saturated heterocycles. The molecule has 0 saturated carbocycles. The number of fused-ring (bicyclic) bond motifs is 1. The first-order chi connectivity index (χ1) is 14.9. The predicted molar refractivity (Wildman–Crippen MR) is 126 cm³/mol. The van der Waals surface area contributed by atoms with Crippen molar-refractivity contribution in [3.05, 3.63) is 70.6 Å². The minimum atomic E-state index is -0.361. The van der Waals surface area contributed by atoms with Crippen LogP contribution >= 0.6 is 24.0 Å². The van der Waals surface area contributed by atoms with Crippen LogP contribution < -0.4 is 10.2 Å². The van der Waals surface area contributed by atoms with Crippen LogP contribution in [0.4, 0.5) is 5.69 Å². The third-order valence-corrected chi connectivity index (χ3v) is 6.50. The van der Waals surface area contributed by atoms with Crippen LogP contribution in [0.2, 0.25) is 0 Å². The highest BCUT2D eigenvalue weighted by molar-refractivity contribution is 8.26. The van der Waals surface area contributed by atoms with E-state index in [0.717, 1.165) is 17.3 Å². The van der Waals surface area contributed by atoms with Gasteiger partial charge in [0, 0.05) is 18.2 Å². The second-order valence-corrected chi connectivity index (χ2v) is 9.16. The van der Waals surface area contributed by atoms with E-state index in [2.05, 4.69) is 5.32 Å². The van der Waals surface area contributed by atoms with Crippen LogP contribution in [0.5, 0.6) is 0 Å². The molecule has 1 fully saturated rings. The van der Waals surface area contributed by atoms with Gasteiger partial charge in [0.1, 0.15) is 10.9 Å². The molecule has 158 valence electrons. The summed E-state index contributed by atoms with van der Waals surface area (Å²) in [7, 11) is 0. The summed E-state index contributed by atoms with van der Waals surface area (Å²) in [6, 6.07) is 16.7. The maximum Gasteiger partial charge on any atom is 0.267 e. The number of carbonyl (C=O) groups is 3. The van der Waals surface area contributed by atoms with Gasteiger partial charge in [-0.15, -0.1) is 0 Å². The quantitative estimate of drug-likeness (QED) is 0.558. The van der Waals surface area contributed by atoms with E-state index < -0.39 is 0 Å². The first-order valence-electron chi connectivity index (χ1n) is 9.90. The molecular formula is C23H21N3O3S2. The lowest BCUT2D eigenvalue weighted by atomic mass is 10.1. The molecule has 0 unspecified atom stereocenters. The molecule has 0 bridgehead atoms. The van der Waals surface area contributed by atoms with Crippen molar-refractivity contribution in [2.24, 2.45) is 0 Å². The normalized spacial score (nSPS) is 18.2. The number of thiocarbonyl (C=S) groups is 1.